The third-order valence-electron chi connectivity index (χ3n) is 2.92. The second-order valence-corrected chi connectivity index (χ2v) is 6.32. The molecule has 0 bridgehead atoms. The second-order valence-electron chi connectivity index (χ2n) is 4.79. The van der Waals surface area contributed by atoms with E-state index in [4.69, 9.17) is 17.3 Å². The molecule has 2 aromatic carbocycles. The van der Waals surface area contributed by atoms with Crippen LogP contribution in [0.15, 0.2) is 47.4 Å². The molecule has 1 unspecified atom stereocenters. The van der Waals surface area contributed by atoms with Crippen molar-refractivity contribution < 1.29 is 0 Å². The first kappa shape index (κ1) is 14.4. The van der Waals surface area contributed by atoms with E-state index in [2.05, 4.69) is 32.0 Å². The summed E-state index contributed by atoms with van der Waals surface area (Å²) in [6, 6.07) is 14.4. The molecule has 2 aromatic rings. The highest BCUT2D eigenvalue weighted by atomic mass is 35.5. The van der Waals surface area contributed by atoms with Gasteiger partial charge in [-0.15, -0.1) is 11.8 Å². The average molecular weight is 292 g/mol. The molecule has 0 aliphatic heterocycles. The fourth-order valence-electron chi connectivity index (χ4n) is 2.04. The summed E-state index contributed by atoms with van der Waals surface area (Å²) < 4.78 is 0. The quantitative estimate of drug-likeness (QED) is 0.823. The topological polar surface area (TPSA) is 26.0 Å². The molecule has 100 valence electrons. The molecule has 19 heavy (non-hydrogen) atoms. The number of halogens is 1. The minimum atomic E-state index is 0.0549. The van der Waals surface area contributed by atoms with Crippen LogP contribution in [-0.2, 0) is 0 Å². The van der Waals surface area contributed by atoms with Gasteiger partial charge in [0.25, 0.3) is 0 Å². The van der Waals surface area contributed by atoms with E-state index in [1.54, 1.807) is 11.8 Å². The summed E-state index contributed by atoms with van der Waals surface area (Å²) in [5.74, 6) is 0.866. The Bertz CT molecular complexity index is 531. The van der Waals surface area contributed by atoms with Crippen LogP contribution in [0.4, 0.5) is 0 Å². The molecule has 2 rings (SSSR count). The van der Waals surface area contributed by atoms with Crippen molar-refractivity contribution in [3.8, 4) is 0 Å². The fraction of sp³-hybridized carbons (Fsp3) is 0.250. The Morgan fingerprint density at radius 1 is 1.05 bits per heavy atom. The Hall–Kier alpha value is -0.960. The van der Waals surface area contributed by atoms with Gasteiger partial charge in [0.2, 0.25) is 0 Å². The minimum Gasteiger partial charge on any atom is -0.323 e. The molecule has 0 aliphatic carbocycles. The van der Waals surface area contributed by atoms with Crippen molar-refractivity contribution in [2.45, 2.75) is 24.8 Å². The molecule has 0 radical (unpaired) electrons. The third-order valence-corrected chi connectivity index (χ3v) is 4.30. The molecule has 0 aromatic heterocycles. The predicted octanol–water partition coefficient (Wildman–Crippen LogP) is 4.75. The van der Waals surface area contributed by atoms with Gasteiger partial charge >= 0.3 is 0 Å². The lowest BCUT2D eigenvalue weighted by Gasteiger charge is -2.13. The predicted molar refractivity (Wildman–Crippen MR) is 85.0 cm³/mol. The first-order valence-electron chi connectivity index (χ1n) is 6.27. The van der Waals surface area contributed by atoms with Crippen LogP contribution in [0.2, 0.25) is 5.02 Å². The molecule has 2 N–H and O–H groups in total. The van der Waals surface area contributed by atoms with Crippen LogP contribution in [-0.4, -0.2) is 5.75 Å². The number of nitrogens with two attached hydrogens (primary N) is 1. The Morgan fingerprint density at radius 3 is 2.21 bits per heavy atom. The molecule has 0 heterocycles. The second kappa shape index (κ2) is 6.47. The van der Waals surface area contributed by atoms with Crippen molar-refractivity contribution in [2.75, 3.05) is 5.75 Å². The van der Waals surface area contributed by atoms with Crippen LogP contribution in [0.5, 0.6) is 0 Å². The van der Waals surface area contributed by atoms with Gasteiger partial charge in [0.1, 0.15) is 0 Å². The van der Waals surface area contributed by atoms with Crippen molar-refractivity contribution in [1.82, 2.24) is 0 Å². The van der Waals surface area contributed by atoms with Gasteiger partial charge in [-0.1, -0.05) is 40.9 Å². The zero-order chi connectivity index (χ0) is 13.8. The van der Waals surface area contributed by atoms with Crippen LogP contribution >= 0.6 is 23.4 Å². The molecular formula is C16H18ClNS. The van der Waals surface area contributed by atoms with Gasteiger partial charge in [-0.25, -0.2) is 0 Å². The Labute approximate surface area is 124 Å². The monoisotopic (exact) mass is 291 g/mol. The van der Waals surface area contributed by atoms with Crippen LogP contribution in [0.1, 0.15) is 22.7 Å². The lowest BCUT2D eigenvalue weighted by molar-refractivity contribution is 0.828. The first-order valence-corrected chi connectivity index (χ1v) is 7.63. The fourth-order valence-corrected chi connectivity index (χ4v) is 3.06. The van der Waals surface area contributed by atoms with Crippen LogP contribution in [0, 0.1) is 13.8 Å². The smallest absolute Gasteiger partial charge is 0.0406 e. The summed E-state index contributed by atoms with van der Waals surface area (Å²) in [7, 11) is 0. The molecule has 0 spiro atoms. The highest BCUT2D eigenvalue weighted by Crippen LogP contribution is 2.25. The van der Waals surface area contributed by atoms with Crippen LogP contribution < -0.4 is 5.73 Å². The van der Waals surface area contributed by atoms with E-state index in [1.165, 1.54) is 21.6 Å². The highest BCUT2D eigenvalue weighted by molar-refractivity contribution is 7.99. The van der Waals surface area contributed by atoms with Gasteiger partial charge in [0.05, 0.1) is 0 Å². The summed E-state index contributed by atoms with van der Waals surface area (Å²) in [6.07, 6.45) is 0. The van der Waals surface area contributed by atoms with Crippen molar-refractivity contribution in [3.05, 3.63) is 64.2 Å². The summed E-state index contributed by atoms with van der Waals surface area (Å²) >= 11 is 7.63. The Balaban J connectivity index is 2.00. The van der Waals surface area contributed by atoms with E-state index in [0.29, 0.717) is 0 Å². The lowest BCUT2D eigenvalue weighted by Crippen LogP contribution is -2.13. The molecule has 0 fully saturated rings. The molecule has 3 heteroatoms. The number of hydrogen-bond acceptors (Lipinski definition) is 2. The molecule has 0 amide bonds. The molecule has 1 nitrogen and oxygen atoms in total. The van der Waals surface area contributed by atoms with Crippen molar-refractivity contribution >= 4 is 23.4 Å². The van der Waals surface area contributed by atoms with Crippen molar-refractivity contribution in [2.24, 2.45) is 5.73 Å². The van der Waals surface area contributed by atoms with Crippen LogP contribution in [0.25, 0.3) is 0 Å². The summed E-state index contributed by atoms with van der Waals surface area (Å²) in [5, 5.41) is 0.767. The van der Waals surface area contributed by atoms with Gasteiger partial charge in [-0.3, -0.25) is 0 Å². The molecule has 0 saturated heterocycles. The van der Waals surface area contributed by atoms with E-state index < -0.39 is 0 Å². The number of aryl methyl sites for hydroxylation is 2. The number of rotatable bonds is 4. The van der Waals surface area contributed by atoms with E-state index in [9.17, 15) is 0 Å². The summed E-state index contributed by atoms with van der Waals surface area (Å²) in [6.45, 7) is 4.21. The Kier molecular flexibility index (Phi) is 4.92. The largest absolute Gasteiger partial charge is 0.323 e. The molecule has 0 saturated carbocycles. The molecule has 1 atom stereocenters. The maximum atomic E-state index is 6.26. The minimum absolute atomic E-state index is 0.0549. The van der Waals surface area contributed by atoms with E-state index in [1.807, 2.05) is 24.3 Å². The highest BCUT2D eigenvalue weighted by Gasteiger charge is 2.08. The SMILES string of the molecule is Cc1cc(C)cc(C(N)CSc2ccc(Cl)cc2)c1. The maximum Gasteiger partial charge on any atom is 0.0406 e. The maximum absolute atomic E-state index is 6.26. The van der Waals surface area contributed by atoms with Crippen molar-refractivity contribution in [1.29, 1.82) is 0 Å². The van der Waals surface area contributed by atoms with Gasteiger partial charge in [0.15, 0.2) is 0 Å². The standard InChI is InChI=1S/C16H18ClNS/c1-11-7-12(2)9-13(8-11)16(18)10-19-15-5-3-14(17)4-6-15/h3-9,16H,10,18H2,1-2H3. The number of benzene rings is 2. The zero-order valence-electron chi connectivity index (χ0n) is 11.2. The average Bonchev–Trinajstić information content (AvgIpc) is 2.36. The van der Waals surface area contributed by atoms with E-state index in [-0.39, 0.29) is 6.04 Å². The van der Waals surface area contributed by atoms with E-state index >= 15 is 0 Å². The Morgan fingerprint density at radius 2 is 1.63 bits per heavy atom. The summed E-state index contributed by atoms with van der Waals surface area (Å²) in [5.41, 5.74) is 10.0. The van der Waals surface area contributed by atoms with Crippen molar-refractivity contribution in [3.63, 3.8) is 0 Å². The van der Waals surface area contributed by atoms with Gasteiger partial charge in [-0.2, -0.15) is 0 Å². The van der Waals surface area contributed by atoms with E-state index in [0.717, 1.165) is 10.8 Å². The van der Waals surface area contributed by atoms with Crippen LogP contribution in [0.3, 0.4) is 0 Å². The van der Waals surface area contributed by atoms with Gasteiger partial charge < -0.3 is 5.73 Å². The van der Waals surface area contributed by atoms with Gasteiger partial charge in [-0.05, 0) is 43.7 Å². The molecular weight excluding hydrogens is 274 g/mol. The lowest BCUT2D eigenvalue weighted by atomic mass is 10.0. The normalized spacial score (nSPS) is 12.4. The molecule has 0 aliphatic rings. The first-order chi connectivity index (χ1) is 9.04. The zero-order valence-corrected chi connectivity index (χ0v) is 12.8. The summed E-state index contributed by atoms with van der Waals surface area (Å²) in [4.78, 5) is 1.20. The third kappa shape index (κ3) is 4.27. The number of hydrogen-bond donors (Lipinski definition) is 1. The van der Waals surface area contributed by atoms with Gasteiger partial charge in [0, 0.05) is 21.7 Å². The number of thioether (sulfide) groups is 1.